The average Bonchev–Trinajstić information content (AvgIpc) is 3.19. The molecular formula is C14H21N3. The van der Waals surface area contributed by atoms with E-state index >= 15 is 0 Å². The molecule has 3 nitrogen and oxygen atoms in total. The number of benzene rings is 1. The highest BCUT2D eigenvalue weighted by molar-refractivity contribution is 5.80. The van der Waals surface area contributed by atoms with Crippen molar-refractivity contribution in [3.63, 3.8) is 0 Å². The number of aliphatic imine (C=N–C) groups is 1. The summed E-state index contributed by atoms with van der Waals surface area (Å²) in [4.78, 5) is 4.25. The van der Waals surface area contributed by atoms with Crippen LogP contribution in [0.25, 0.3) is 0 Å². The standard InChI is InChI=1S/C14H21N3/c1-11(13-6-4-3-5-7-13)17-14(15-2)16-10-12-8-9-12/h3-7,11-12H,8-10H2,1-2H3,(H2,15,16,17)/t11-/m1/s1. The Bertz CT molecular complexity index is 368. The zero-order chi connectivity index (χ0) is 12.1. The van der Waals surface area contributed by atoms with Gasteiger partial charge in [-0.2, -0.15) is 0 Å². The van der Waals surface area contributed by atoms with Crippen LogP contribution in [0.2, 0.25) is 0 Å². The van der Waals surface area contributed by atoms with Crippen LogP contribution < -0.4 is 10.6 Å². The third kappa shape index (κ3) is 3.77. The first-order valence-electron chi connectivity index (χ1n) is 6.31. The third-order valence-corrected chi connectivity index (χ3v) is 3.13. The van der Waals surface area contributed by atoms with Crippen molar-refractivity contribution in [2.75, 3.05) is 13.6 Å². The average molecular weight is 231 g/mol. The minimum absolute atomic E-state index is 0.279. The van der Waals surface area contributed by atoms with E-state index in [9.17, 15) is 0 Å². The second kappa shape index (κ2) is 5.71. The van der Waals surface area contributed by atoms with Gasteiger partial charge in [-0.05, 0) is 31.2 Å². The fourth-order valence-electron chi connectivity index (χ4n) is 1.79. The second-order valence-electron chi connectivity index (χ2n) is 4.67. The van der Waals surface area contributed by atoms with Crippen LogP contribution in [0.1, 0.15) is 31.4 Å². The normalized spacial score (nSPS) is 17.6. The van der Waals surface area contributed by atoms with Crippen LogP contribution in [0, 0.1) is 5.92 Å². The molecule has 0 aliphatic heterocycles. The van der Waals surface area contributed by atoms with Crippen molar-refractivity contribution >= 4 is 5.96 Å². The predicted octanol–water partition coefficient (Wildman–Crippen LogP) is 2.32. The van der Waals surface area contributed by atoms with E-state index in [1.165, 1.54) is 18.4 Å². The Labute approximate surface area is 103 Å². The van der Waals surface area contributed by atoms with E-state index in [1.54, 1.807) is 0 Å². The predicted molar refractivity (Wildman–Crippen MR) is 72.1 cm³/mol. The first-order chi connectivity index (χ1) is 8.29. The number of nitrogens with zero attached hydrogens (tertiary/aromatic N) is 1. The highest BCUT2D eigenvalue weighted by Crippen LogP contribution is 2.27. The van der Waals surface area contributed by atoms with Gasteiger partial charge in [0.1, 0.15) is 0 Å². The maximum Gasteiger partial charge on any atom is 0.191 e. The molecule has 92 valence electrons. The summed E-state index contributed by atoms with van der Waals surface area (Å²) < 4.78 is 0. The van der Waals surface area contributed by atoms with Gasteiger partial charge in [-0.1, -0.05) is 30.3 Å². The van der Waals surface area contributed by atoms with Gasteiger partial charge in [0.05, 0.1) is 6.04 Å². The zero-order valence-electron chi connectivity index (χ0n) is 10.6. The molecule has 0 saturated heterocycles. The SMILES string of the molecule is CN=C(NCC1CC1)N[C@H](C)c1ccccc1. The van der Waals surface area contributed by atoms with Gasteiger partial charge in [0, 0.05) is 13.6 Å². The fraction of sp³-hybridized carbons (Fsp3) is 0.500. The van der Waals surface area contributed by atoms with Gasteiger partial charge in [0.25, 0.3) is 0 Å². The molecule has 0 heterocycles. The van der Waals surface area contributed by atoms with Gasteiger partial charge >= 0.3 is 0 Å². The lowest BCUT2D eigenvalue weighted by Crippen LogP contribution is -2.39. The first kappa shape index (κ1) is 12.0. The number of guanidine groups is 1. The minimum Gasteiger partial charge on any atom is -0.356 e. The Kier molecular flexibility index (Phi) is 4.02. The van der Waals surface area contributed by atoms with Crippen LogP contribution in [0.3, 0.4) is 0 Å². The first-order valence-corrected chi connectivity index (χ1v) is 6.31. The topological polar surface area (TPSA) is 36.4 Å². The lowest BCUT2D eigenvalue weighted by molar-refractivity contribution is 0.671. The molecule has 0 spiro atoms. The highest BCUT2D eigenvalue weighted by atomic mass is 15.2. The van der Waals surface area contributed by atoms with E-state index in [0.29, 0.717) is 0 Å². The number of nitrogens with one attached hydrogen (secondary N) is 2. The van der Waals surface area contributed by atoms with Crippen LogP contribution in [-0.2, 0) is 0 Å². The summed E-state index contributed by atoms with van der Waals surface area (Å²) >= 11 is 0. The van der Waals surface area contributed by atoms with Gasteiger partial charge in [0.2, 0.25) is 0 Å². The smallest absolute Gasteiger partial charge is 0.191 e. The van der Waals surface area contributed by atoms with Crippen LogP contribution in [0.4, 0.5) is 0 Å². The lowest BCUT2D eigenvalue weighted by Gasteiger charge is -2.18. The molecule has 1 atom stereocenters. The van der Waals surface area contributed by atoms with Gasteiger partial charge in [-0.3, -0.25) is 4.99 Å². The molecule has 3 heteroatoms. The Balaban J connectivity index is 1.85. The zero-order valence-corrected chi connectivity index (χ0v) is 10.6. The van der Waals surface area contributed by atoms with Crippen LogP contribution in [0.5, 0.6) is 0 Å². The summed E-state index contributed by atoms with van der Waals surface area (Å²) in [6.07, 6.45) is 2.72. The molecule has 1 saturated carbocycles. The van der Waals surface area contributed by atoms with E-state index in [-0.39, 0.29) is 6.04 Å². The van der Waals surface area contributed by atoms with Crippen LogP contribution in [-0.4, -0.2) is 19.6 Å². The van der Waals surface area contributed by atoms with E-state index in [4.69, 9.17) is 0 Å². The monoisotopic (exact) mass is 231 g/mol. The largest absolute Gasteiger partial charge is 0.356 e. The molecule has 1 aromatic rings. The molecule has 0 amide bonds. The van der Waals surface area contributed by atoms with Crippen molar-refractivity contribution in [3.8, 4) is 0 Å². The van der Waals surface area contributed by atoms with Gasteiger partial charge < -0.3 is 10.6 Å². The van der Waals surface area contributed by atoms with Crippen molar-refractivity contribution in [2.24, 2.45) is 10.9 Å². The molecule has 1 aliphatic rings. The number of hydrogen-bond acceptors (Lipinski definition) is 1. The van der Waals surface area contributed by atoms with Gasteiger partial charge in [-0.25, -0.2) is 0 Å². The highest BCUT2D eigenvalue weighted by Gasteiger charge is 2.21. The molecule has 2 rings (SSSR count). The second-order valence-corrected chi connectivity index (χ2v) is 4.67. The molecule has 1 fully saturated rings. The molecule has 0 radical (unpaired) electrons. The quantitative estimate of drug-likeness (QED) is 0.616. The van der Waals surface area contributed by atoms with Crippen LogP contribution in [0.15, 0.2) is 35.3 Å². The number of hydrogen-bond donors (Lipinski definition) is 2. The summed E-state index contributed by atoms with van der Waals surface area (Å²) in [6, 6.07) is 10.7. The van der Waals surface area contributed by atoms with Crippen molar-refractivity contribution in [2.45, 2.75) is 25.8 Å². The molecule has 0 aromatic heterocycles. The Morgan fingerprint density at radius 3 is 2.65 bits per heavy atom. The minimum atomic E-state index is 0.279. The van der Waals surface area contributed by atoms with E-state index in [2.05, 4.69) is 46.8 Å². The summed E-state index contributed by atoms with van der Waals surface area (Å²) in [6.45, 7) is 3.19. The fourth-order valence-corrected chi connectivity index (χ4v) is 1.79. The molecule has 1 aliphatic carbocycles. The summed E-state index contributed by atoms with van der Waals surface area (Å²) in [7, 11) is 1.82. The van der Waals surface area contributed by atoms with Crippen molar-refractivity contribution in [1.29, 1.82) is 0 Å². The Morgan fingerprint density at radius 2 is 2.06 bits per heavy atom. The summed E-state index contributed by atoms with van der Waals surface area (Å²) in [5, 5.41) is 6.78. The van der Waals surface area contributed by atoms with E-state index in [0.717, 1.165) is 18.4 Å². The van der Waals surface area contributed by atoms with Crippen LogP contribution >= 0.6 is 0 Å². The lowest BCUT2D eigenvalue weighted by atomic mass is 10.1. The molecule has 17 heavy (non-hydrogen) atoms. The Hall–Kier alpha value is -1.51. The van der Waals surface area contributed by atoms with Crippen molar-refractivity contribution in [3.05, 3.63) is 35.9 Å². The summed E-state index contributed by atoms with van der Waals surface area (Å²) in [5.41, 5.74) is 1.28. The molecule has 0 unspecified atom stereocenters. The molecular weight excluding hydrogens is 210 g/mol. The van der Waals surface area contributed by atoms with E-state index < -0.39 is 0 Å². The summed E-state index contributed by atoms with van der Waals surface area (Å²) in [5.74, 6) is 1.76. The van der Waals surface area contributed by atoms with E-state index in [1.807, 2.05) is 13.1 Å². The van der Waals surface area contributed by atoms with Crippen molar-refractivity contribution < 1.29 is 0 Å². The third-order valence-electron chi connectivity index (χ3n) is 3.13. The molecule has 0 bridgehead atoms. The van der Waals surface area contributed by atoms with Gasteiger partial charge in [-0.15, -0.1) is 0 Å². The molecule has 2 N–H and O–H groups in total. The van der Waals surface area contributed by atoms with Crippen molar-refractivity contribution in [1.82, 2.24) is 10.6 Å². The maximum atomic E-state index is 4.25. The molecule has 1 aromatic carbocycles. The Morgan fingerprint density at radius 1 is 1.35 bits per heavy atom. The number of rotatable bonds is 4. The van der Waals surface area contributed by atoms with Gasteiger partial charge in [0.15, 0.2) is 5.96 Å². The maximum absolute atomic E-state index is 4.25.